The number of carbonyl (C=O) groups excluding carboxylic acids is 1. The van der Waals surface area contributed by atoms with Crippen LogP contribution in [0.5, 0.6) is 17.2 Å². The third-order valence-corrected chi connectivity index (χ3v) is 6.95. The van der Waals surface area contributed by atoms with E-state index >= 15 is 0 Å². The standard InChI is InChI=1S/C31H30ClNO6/c1-5-37-22-10-8-21(9-11-22)33-28(19-6-12-25(26(16-19)36-4)38-15-14-18(2)3)27-29(34)23-17-20(32)7-13-24(23)39-30(27)31(33)35/h6-13,16-18,28H,5,14-15H2,1-4H3. The summed E-state index contributed by atoms with van der Waals surface area (Å²) in [6.45, 7) is 7.25. The van der Waals surface area contributed by atoms with Gasteiger partial charge in [-0.15, -0.1) is 0 Å². The first-order chi connectivity index (χ1) is 18.8. The van der Waals surface area contributed by atoms with Gasteiger partial charge in [-0.1, -0.05) is 31.5 Å². The van der Waals surface area contributed by atoms with Crippen molar-refractivity contribution < 1.29 is 23.4 Å². The number of halogens is 1. The second-order valence-electron chi connectivity index (χ2n) is 9.76. The van der Waals surface area contributed by atoms with Gasteiger partial charge < -0.3 is 18.6 Å². The molecule has 7 nitrogen and oxygen atoms in total. The highest BCUT2D eigenvalue weighted by Crippen LogP contribution is 2.43. The zero-order chi connectivity index (χ0) is 27.7. The highest BCUT2D eigenvalue weighted by molar-refractivity contribution is 6.31. The minimum atomic E-state index is -0.760. The first-order valence-electron chi connectivity index (χ1n) is 13.0. The largest absolute Gasteiger partial charge is 0.494 e. The van der Waals surface area contributed by atoms with E-state index in [-0.39, 0.29) is 16.8 Å². The highest BCUT2D eigenvalue weighted by Gasteiger charge is 2.44. The number of benzene rings is 3. The van der Waals surface area contributed by atoms with Gasteiger partial charge in [-0.2, -0.15) is 0 Å². The van der Waals surface area contributed by atoms with Crippen molar-refractivity contribution in [3.63, 3.8) is 0 Å². The lowest BCUT2D eigenvalue weighted by molar-refractivity contribution is 0.0971. The predicted molar refractivity (Wildman–Crippen MR) is 152 cm³/mol. The molecule has 1 amide bonds. The van der Waals surface area contributed by atoms with Crippen LogP contribution in [0.15, 0.2) is 69.9 Å². The molecule has 0 aliphatic carbocycles. The molecule has 2 heterocycles. The van der Waals surface area contributed by atoms with Crippen molar-refractivity contribution in [1.29, 1.82) is 0 Å². The Kier molecular flexibility index (Phi) is 7.53. The third-order valence-electron chi connectivity index (χ3n) is 6.71. The molecule has 5 rings (SSSR count). The molecule has 4 aromatic rings. The maximum absolute atomic E-state index is 13.9. The van der Waals surface area contributed by atoms with Gasteiger partial charge >= 0.3 is 0 Å². The number of rotatable bonds is 9. The van der Waals surface area contributed by atoms with Crippen LogP contribution >= 0.6 is 11.6 Å². The number of anilines is 1. The number of hydrogen-bond donors (Lipinski definition) is 0. The predicted octanol–water partition coefficient (Wildman–Crippen LogP) is 7.03. The monoisotopic (exact) mass is 547 g/mol. The number of hydrogen-bond acceptors (Lipinski definition) is 6. The van der Waals surface area contributed by atoms with E-state index in [1.807, 2.05) is 19.1 Å². The molecule has 0 radical (unpaired) electrons. The smallest absolute Gasteiger partial charge is 0.295 e. The van der Waals surface area contributed by atoms with Crippen LogP contribution in [0.1, 0.15) is 54.9 Å². The molecule has 0 N–H and O–H groups in total. The lowest BCUT2D eigenvalue weighted by Gasteiger charge is -2.26. The average Bonchev–Trinajstić information content (AvgIpc) is 3.22. The van der Waals surface area contributed by atoms with Crippen LogP contribution in [0.4, 0.5) is 5.69 Å². The fourth-order valence-corrected chi connectivity index (χ4v) is 4.95. The van der Waals surface area contributed by atoms with Crippen molar-refractivity contribution in [3.05, 3.63) is 92.8 Å². The van der Waals surface area contributed by atoms with Gasteiger partial charge in [0.1, 0.15) is 11.3 Å². The Morgan fingerprint density at radius 1 is 0.974 bits per heavy atom. The number of carbonyl (C=O) groups is 1. The van der Waals surface area contributed by atoms with E-state index in [0.717, 1.165) is 6.42 Å². The van der Waals surface area contributed by atoms with Gasteiger partial charge in [-0.25, -0.2) is 0 Å². The second kappa shape index (κ2) is 11.0. The molecule has 1 aromatic heterocycles. The Hall–Kier alpha value is -3.97. The number of methoxy groups -OCH3 is 1. The van der Waals surface area contributed by atoms with E-state index in [0.29, 0.717) is 63.6 Å². The number of amides is 1. The van der Waals surface area contributed by atoms with Gasteiger partial charge in [0, 0.05) is 10.7 Å². The van der Waals surface area contributed by atoms with Crippen LogP contribution in [0.3, 0.4) is 0 Å². The molecule has 1 aliphatic rings. The lowest BCUT2D eigenvalue weighted by Crippen LogP contribution is -2.29. The lowest BCUT2D eigenvalue weighted by atomic mass is 9.97. The van der Waals surface area contributed by atoms with Crippen LogP contribution in [0.25, 0.3) is 11.0 Å². The SMILES string of the molecule is CCOc1ccc(N2C(=O)c3oc4ccc(Cl)cc4c(=O)c3C2c2ccc(OCCC(C)C)c(OC)c2)cc1. The number of ether oxygens (including phenoxy) is 3. The molecule has 1 unspecified atom stereocenters. The molecule has 0 fully saturated rings. The minimum Gasteiger partial charge on any atom is -0.494 e. The molecular weight excluding hydrogens is 518 g/mol. The molecule has 1 atom stereocenters. The van der Waals surface area contributed by atoms with Crippen molar-refractivity contribution in [2.75, 3.05) is 25.2 Å². The van der Waals surface area contributed by atoms with Gasteiger partial charge in [0.25, 0.3) is 5.91 Å². The van der Waals surface area contributed by atoms with Gasteiger partial charge in [-0.3, -0.25) is 14.5 Å². The van der Waals surface area contributed by atoms with Crippen molar-refractivity contribution in [2.45, 2.75) is 33.2 Å². The molecule has 1 aliphatic heterocycles. The van der Waals surface area contributed by atoms with E-state index in [1.54, 1.807) is 60.5 Å². The van der Waals surface area contributed by atoms with Crippen LogP contribution in [0, 0.1) is 5.92 Å². The van der Waals surface area contributed by atoms with E-state index in [1.165, 1.54) is 0 Å². The molecule has 0 saturated heterocycles. The molecule has 8 heteroatoms. The van der Waals surface area contributed by atoms with Gasteiger partial charge in [-0.05, 0) is 79.4 Å². The fraction of sp³-hybridized carbons (Fsp3) is 0.290. The van der Waals surface area contributed by atoms with E-state index in [2.05, 4.69) is 13.8 Å². The van der Waals surface area contributed by atoms with E-state index in [4.69, 9.17) is 30.2 Å². The van der Waals surface area contributed by atoms with Crippen LogP contribution in [-0.2, 0) is 0 Å². The van der Waals surface area contributed by atoms with Crippen molar-refractivity contribution >= 4 is 34.2 Å². The molecule has 3 aromatic carbocycles. The fourth-order valence-electron chi connectivity index (χ4n) is 4.77. The molecular formula is C31H30ClNO6. The van der Waals surface area contributed by atoms with Crippen molar-refractivity contribution in [1.82, 2.24) is 0 Å². The van der Waals surface area contributed by atoms with Crippen molar-refractivity contribution in [3.8, 4) is 17.2 Å². The van der Waals surface area contributed by atoms with Crippen LogP contribution in [0.2, 0.25) is 5.02 Å². The quantitative estimate of drug-likeness (QED) is 0.224. The normalized spacial score (nSPS) is 14.7. The maximum Gasteiger partial charge on any atom is 0.295 e. The Bertz CT molecular complexity index is 1580. The summed E-state index contributed by atoms with van der Waals surface area (Å²) in [6.07, 6.45) is 0.900. The average molecular weight is 548 g/mol. The summed E-state index contributed by atoms with van der Waals surface area (Å²) >= 11 is 6.21. The first-order valence-corrected chi connectivity index (χ1v) is 13.3. The molecule has 0 bridgehead atoms. The summed E-state index contributed by atoms with van der Waals surface area (Å²) in [6, 6.07) is 16.7. The first kappa shape index (κ1) is 26.6. The van der Waals surface area contributed by atoms with Crippen LogP contribution in [-0.4, -0.2) is 26.2 Å². The Morgan fingerprint density at radius 3 is 2.44 bits per heavy atom. The zero-order valence-corrected chi connectivity index (χ0v) is 23.1. The van der Waals surface area contributed by atoms with E-state index < -0.39 is 11.9 Å². The Balaban J connectivity index is 1.66. The van der Waals surface area contributed by atoms with Crippen LogP contribution < -0.4 is 24.5 Å². The number of fused-ring (bicyclic) bond motifs is 2. The summed E-state index contributed by atoms with van der Waals surface area (Å²) < 4.78 is 23.3. The van der Waals surface area contributed by atoms with Crippen molar-refractivity contribution in [2.24, 2.45) is 5.92 Å². The summed E-state index contributed by atoms with van der Waals surface area (Å²) in [7, 11) is 1.57. The zero-order valence-electron chi connectivity index (χ0n) is 22.3. The molecule has 0 saturated carbocycles. The Morgan fingerprint density at radius 2 is 1.74 bits per heavy atom. The second-order valence-corrected chi connectivity index (χ2v) is 10.2. The maximum atomic E-state index is 13.9. The highest BCUT2D eigenvalue weighted by atomic mass is 35.5. The van der Waals surface area contributed by atoms with Gasteiger partial charge in [0.05, 0.1) is 37.3 Å². The third kappa shape index (κ3) is 5.06. The molecule has 39 heavy (non-hydrogen) atoms. The molecule has 0 spiro atoms. The van der Waals surface area contributed by atoms with E-state index in [9.17, 15) is 9.59 Å². The summed E-state index contributed by atoms with van der Waals surface area (Å²) in [4.78, 5) is 29.3. The topological polar surface area (TPSA) is 78.2 Å². The minimum absolute atomic E-state index is 0.00457. The summed E-state index contributed by atoms with van der Waals surface area (Å²) in [5.74, 6) is 1.88. The van der Waals surface area contributed by atoms with Gasteiger partial charge in [0.2, 0.25) is 5.76 Å². The Labute approximate surface area is 231 Å². The summed E-state index contributed by atoms with van der Waals surface area (Å²) in [5, 5.41) is 0.719. The van der Waals surface area contributed by atoms with Gasteiger partial charge in [0.15, 0.2) is 16.9 Å². The summed E-state index contributed by atoms with van der Waals surface area (Å²) in [5.41, 5.74) is 1.52. The number of nitrogens with zero attached hydrogens (tertiary/aromatic N) is 1. The molecule has 202 valence electrons.